The summed E-state index contributed by atoms with van der Waals surface area (Å²) in [7, 11) is 0. The van der Waals surface area contributed by atoms with Gasteiger partial charge in [-0.3, -0.25) is 4.90 Å². The Labute approximate surface area is 151 Å². The van der Waals surface area contributed by atoms with Crippen molar-refractivity contribution in [2.24, 2.45) is 0 Å². The van der Waals surface area contributed by atoms with Crippen LogP contribution in [-0.4, -0.2) is 35.6 Å². The van der Waals surface area contributed by atoms with E-state index in [4.69, 9.17) is 4.42 Å². The summed E-state index contributed by atoms with van der Waals surface area (Å²) >= 11 is 3.44. The third kappa shape index (κ3) is 4.70. The van der Waals surface area contributed by atoms with E-state index >= 15 is 0 Å². The van der Waals surface area contributed by atoms with E-state index in [0.29, 0.717) is 6.04 Å². The molecule has 3 rings (SSSR count). The number of nitrogens with one attached hydrogen (secondary N) is 1. The first-order valence-corrected chi connectivity index (χ1v) is 7.67. The van der Waals surface area contributed by atoms with Crippen LogP contribution in [0.5, 0.6) is 0 Å². The van der Waals surface area contributed by atoms with Gasteiger partial charge in [-0.25, -0.2) is 4.98 Å². The van der Waals surface area contributed by atoms with Gasteiger partial charge in [0.1, 0.15) is 0 Å². The average molecular weight is 409 g/mol. The molecule has 1 aliphatic rings. The van der Waals surface area contributed by atoms with Crippen LogP contribution in [0.2, 0.25) is 0 Å². The van der Waals surface area contributed by atoms with Gasteiger partial charge in [0.15, 0.2) is 5.76 Å². The fourth-order valence-electron chi connectivity index (χ4n) is 2.42. The predicted octanol–water partition coefficient (Wildman–Crippen LogP) is 3.74. The number of piperazine rings is 1. The highest BCUT2D eigenvalue weighted by atomic mass is 79.9. The minimum Gasteiger partial charge on any atom is -0.439 e. The molecule has 1 aromatic carbocycles. The van der Waals surface area contributed by atoms with Crippen molar-refractivity contribution in [1.29, 1.82) is 0 Å². The lowest BCUT2D eigenvalue weighted by molar-refractivity contribution is 0.151. The molecule has 122 valence electrons. The van der Waals surface area contributed by atoms with E-state index in [1.807, 2.05) is 30.5 Å². The minimum absolute atomic E-state index is 0. The molecule has 0 amide bonds. The highest BCUT2D eigenvalue weighted by Crippen LogP contribution is 2.23. The predicted molar refractivity (Wildman–Crippen MR) is 96.9 cm³/mol. The topological polar surface area (TPSA) is 41.3 Å². The van der Waals surface area contributed by atoms with Crippen molar-refractivity contribution in [2.75, 3.05) is 19.6 Å². The SMILES string of the molecule is C[C@H]1CNCCN1Cc1ncc(-c2ccc(Br)cc2)o1.Cl.Cl. The first kappa shape index (κ1) is 19.5. The van der Waals surface area contributed by atoms with Crippen LogP contribution in [0, 0.1) is 0 Å². The second-order valence-corrected chi connectivity index (χ2v) is 6.06. The van der Waals surface area contributed by atoms with Gasteiger partial charge < -0.3 is 9.73 Å². The van der Waals surface area contributed by atoms with Gasteiger partial charge in [0.05, 0.1) is 12.7 Å². The van der Waals surface area contributed by atoms with Crippen molar-refractivity contribution >= 4 is 40.7 Å². The van der Waals surface area contributed by atoms with Crippen molar-refractivity contribution in [3.05, 3.63) is 40.8 Å². The lowest BCUT2D eigenvalue weighted by atomic mass is 10.2. The highest BCUT2D eigenvalue weighted by molar-refractivity contribution is 9.10. The van der Waals surface area contributed by atoms with Crippen LogP contribution in [0.15, 0.2) is 39.4 Å². The molecule has 4 nitrogen and oxygen atoms in total. The molecule has 1 atom stereocenters. The number of nitrogens with zero attached hydrogens (tertiary/aromatic N) is 2. The molecule has 1 aliphatic heterocycles. The summed E-state index contributed by atoms with van der Waals surface area (Å²) < 4.78 is 6.94. The zero-order valence-corrected chi connectivity index (χ0v) is 15.5. The molecular formula is C15H20BrCl2N3O. The zero-order chi connectivity index (χ0) is 13.9. The Morgan fingerprint density at radius 3 is 2.73 bits per heavy atom. The number of aromatic nitrogens is 1. The molecule has 0 spiro atoms. The molecule has 2 aromatic rings. The average Bonchev–Trinajstić information content (AvgIpc) is 2.91. The molecule has 7 heteroatoms. The fourth-order valence-corrected chi connectivity index (χ4v) is 2.69. The summed E-state index contributed by atoms with van der Waals surface area (Å²) in [6.45, 7) is 6.10. The van der Waals surface area contributed by atoms with Gasteiger partial charge in [0, 0.05) is 35.7 Å². The van der Waals surface area contributed by atoms with Crippen LogP contribution < -0.4 is 5.32 Å². The number of halogens is 3. The third-order valence-corrected chi connectivity index (χ3v) is 4.19. The number of benzene rings is 1. The summed E-state index contributed by atoms with van der Waals surface area (Å²) in [5.74, 6) is 1.62. The van der Waals surface area contributed by atoms with Gasteiger partial charge in [-0.15, -0.1) is 24.8 Å². The largest absolute Gasteiger partial charge is 0.439 e. The quantitative estimate of drug-likeness (QED) is 0.839. The lowest BCUT2D eigenvalue weighted by Gasteiger charge is -2.32. The molecule has 0 saturated carbocycles. The maximum Gasteiger partial charge on any atom is 0.209 e. The number of oxazole rings is 1. The second kappa shape index (κ2) is 8.89. The molecular weight excluding hydrogens is 389 g/mol. The zero-order valence-electron chi connectivity index (χ0n) is 12.3. The van der Waals surface area contributed by atoms with Crippen molar-refractivity contribution in [3.63, 3.8) is 0 Å². The van der Waals surface area contributed by atoms with Crippen LogP contribution in [0.3, 0.4) is 0 Å². The molecule has 0 radical (unpaired) electrons. The lowest BCUT2D eigenvalue weighted by Crippen LogP contribution is -2.49. The van der Waals surface area contributed by atoms with Crippen molar-refractivity contribution in [3.8, 4) is 11.3 Å². The van der Waals surface area contributed by atoms with Crippen LogP contribution >= 0.6 is 40.7 Å². The minimum atomic E-state index is 0. The molecule has 1 fully saturated rings. The van der Waals surface area contributed by atoms with Gasteiger partial charge in [0.2, 0.25) is 5.89 Å². The number of hydrogen-bond acceptors (Lipinski definition) is 4. The number of hydrogen-bond donors (Lipinski definition) is 1. The monoisotopic (exact) mass is 407 g/mol. The maximum absolute atomic E-state index is 5.87. The molecule has 0 bridgehead atoms. The Morgan fingerprint density at radius 1 is 1.32 bits per heavy atom. The highest BCUT2D eigenvalue weighted by Gasteiger charge is 2.19. The summed E-state index contributed by atoms with van der Waals surface area (Å²) in [5.41, 5.74) is 1.06. The summed E-state index contributed by atoms with van der Waals surface area (Å²) in [4.78, 5) is 6.80. The van der Waals surface area contributed by atoms with Crippen LogP contribution in [0.25, 0.3) is 11.3 Å². The Morgan fingerprint density at radius 2 is 2.05 bits per heavy atom. The first-order valence-electron chi connectivity index (χ1n) is 6.88. The first-order chi connectivity index (χ1) is 9.72. The van der Waals surface area contributed by atoms with Crippen LogP contribution in [-0.2, 0) is 6.54 Å². The molecule has 0 aliphatic carbocycles. The van der Waals surface area contributed by atoms with Gasteiger partial charge in [-0.2, -0.15) is 0 Å². The van der Waals surface area contributed by atoms with E-state index in [-0.39, 0.29) is 24.8 Å². The molecule has 22 heavy (non-hydrogen) atoms. The van der Waals surface area contributed by atoms with E-state index in [0.717, 1.165) is 47.9 Å². The third-order valence-electron chi connectivity index (χ3n) is 3.66. The van der Waals surface area contributed by atoms with Crippen molar-refractivity contribution < 1.29 is 4.42 Å². The second-order valence-electron chi connectivity index (χ2n) is 5.15. The van der Waals surface area contributed by atoms with Crippen LogP contribution in [0.4, 0.5) is 0 Å². The smallest absolute Gasteiger partial charge is 0.209 e. The van der Waals surface area contributed by atoms with E-state index in [9.17, 15) is 0 Å². The molecule has 2 heterocycles. The molecule has 1 saturated heterocycles. The Bertz CT molecular complexity index is 576. The standard InChI is InChI=1S/C15H18BrN3O.2ClH/c1-11-8-17-6-7-19(11)10-15-18-9-14(20-15)12-2-4-13(16)5-3-12;;/h2-5,9,11,17H,6-8,10H2,1H3;2*1H/t11-;;/m0../s1. The Balaban J connectivity index is 0.00000121. The Hall–Kier alpha value is -0.590. The molecule has 1 N–H and O–H groups in total. The van der Waals surface area contributed by atoms with E-state index in [2.05, 4.69) is 38.1 Å². The fraction of sp³-hybridized carbons (Fsp3) is 0.400. The van der Waals surface area contributed by atoms with E-state index in [1.165, 1.54) is 0 Å². The van der Waals surface area contributed by atoms with Gasteiger partial charge in [-0.05, 0) is 19.1 Å². The normalized spacial score (nSPS) is 18.4. The van der Waals surface area contributed by atoms with E-state index in [1.54, 1.807) is 0 Å². The van der Waals surface area contributed by atoms with Crippen molar-refractivity contribution in [1.82, 2.24) is 15.2 Å². The van der Waals surface area contributed by atoms with Gasteiger partial charge >= 0.3 is 0 Å². The molecule has 0 unspecified atom stereocenters. The molecule has 1 aromatic heterocycles. The maximum atomic E-state index is 5.87. The Kier molecular flexibility index (Phi) is 7.86. The van der Waals surface area contributed by atoms with Crippen LogP contribution in [0.1, 0.15) is 12.8 Å². The van der Waals surface area contributed by atoms with Crippen molar-refractivity contribution in [2.45, 2.75) is 19.5 Å². The summed E-state index contributed by atoms with van der Waals surface area (Å²) in [5, 5.41) is 3.39. The summed E-state index contributed by atoms with van der Waals surface area (Å²) in [6, 6.07) is 8.60. The number of rotatable bonds is 3. The van der Waals surface area contributed by atoms with E-state index < -0.39 is 0 Å². The van der Waals surface area contributed by atoms with Gasteiger partial charge in [0.25, 0.3) is 0 Å². The van der Waals surface area contributed by atoms with Gasteiger partial charge in [-0.1, -0.05) is 28.1 Å². The summed E-state index contributed by atoms with van der Waals surface area (Å²) in [6.07, 6.45) is 1.81.